The van der Waals surface area contributed by atoms with Gasteiger partial charge in [0.1, 0.15) is 10.4 Å². The molecule has 1 amide bonds. The highest BCUT2D eigenvalue weighted by atomic mass is 32.2. The Hall–Kier alpha value is -3.92. The smallest absolute Gasteiger partial charge is 0.449 e. The van der Waals surface area contributed by atoms with Crippen LogP contribution in [0.3, 0.4) is 0 Å². The van der Waals surface area contributed by atoms with Crippen molar-refractivity contribution in [3.8, 4) is 5.75 Å². The molecule has 10 nitrogen and oxygen atoms in total. The molecule has 5 rings (SSSR count). The number of carbonyl (C=O) groups excluding carboxylic acids is 1. The van der Waals surface area contributed by atoms with Crippen molar-refractivity contribution in [1.29, 1.82) is 0 Å². The fourth-order valence-corrected chi connectivity index (χ4v) is 5.92. The molecule has 2 aromatic carbocycles. The van der Waals surface area contributed by atoms with Gasteiger partial charge < -0.3 is 19.4 Å². The van der Waals surface area contributed by atoms with Crippen molar-refractivity contribution in [2.45, 2.75) is 17.5 Å². The first-order valence-corrected chi connectivity index (χ1v) is 15.7. The number of carbonyl (C=O) groups is 1. The first-order chi connectivity index (χ1) is 20.9. The summed E-state index contributed by atoms with van der Waals surface area (Å²) in [5.41, 5.74) is -0.131. The van der Waals surface area contributed by atoms with Crippen LogP contribution < -0.4 is 20.4 Å². The van der Waals surface area contributed by atoms with Crippen LogP contribution >= 0.6 is 11.3 Å². The lowest BCUT2D eigenvalue weighted by atomic mass is 10.2. The molecular formula is C29H30F3N3O7S2. The molecule has 1 fully saturated rings. The number of benzene rings is 2. The maximum Gasteiger partial charge on any atom is 0.449 e. The molecule has 1 aliphatic rings. The summed E-state index contributed by atoms with van der Waals surface area (Å²) in [7, 11) is -2.34. The number of rotatable bonds is 8. The summed E-state index contributed by atoms with van der Waals surface area (Å²) in [4.78, 5) is 29.0. The van der Waals surface area contributed by atoms with E-state index in [0.717, 1.165) is 55.5 Å². The average Bonchev–Trinajstić information content (AvgIpc) is 3.44. The second-order valence-corrected chi connectivity index (χ2v) is 12.0. The van der Waals surface area contributed by atoms with Crippen molar-refractivity contribution < 1.29 is 40.1 Å². The van der Waals surface area contributed by atoms with E-state index in [2.05, 4.69) is 15.1 Å². The Morgan fingerprint density at radius 2 is 1.73 bits per heavy atom. The van der Waals surface area contributed by atoms with E-state index < -0.39 is 33.4 Å². The van der Waals surface area contributed by atoms with E-state index in [0.29, 0.717) is 19.0 Å². The SMILES string of the molecule is COc1ccccc1N1CCN(CCCNC(=O)c2csc3c(=O)cc(C(F)(F)F)oc23)CC1.O=S(=O)(O)c1ccccc1. The molecule has 236 valence electrons. The third-order valence-corrected chi connectivity index (χ3v) is 8.59. The van der Waals surface area contributed by atoms with Gasteiger partial charge in [-0.2, -0.15) is 21.6 Å². The summed E-state index contributed by atoms with van der Waals surface area (Å²) < 4.78 is 78.5. The first kappa shape index (κ1) is 33.0. The third kappa shape index (κ3) is 8.37. The summed E-state index contributed by atoms with van der Waals surface area (Å²) >= 11 is 0.895. The van der Waals surface area contributed by atoms with Gasteiger partial charge in [-0.25, -0.2) is 0 Å². The van der Waals surface area contributed by atoms with Crippen molar-refractivity contribution in [3.63, 3.8) is 0 Å². The van der Waals surface area contributed by atoms with Crippen molar-refractivity contribution in [2.24, 2.45) is 0 Å². The van der Waals surface area contributed by atoms with Gasteiger partial charge >= 0.3 is 6.18 Å². The quantitative estimate of drug-likeness (QED) is 0.204. The highest BCUT2D eigenvalue weighted by Crippen LogP contribution is 2.33. The Morgan fingerprint density at radius 1 is 1.07 bits per heavy atom. The molecule has 0 radical (unpaired) electrons. The number of piperazine rings is 1. The number of ether oxygens (including phenoxy) is 1. The van der Waals surface area contributed by atoms with E-state index in [1.54, 1.807) is 25.3 Å². The van der Waals surface area contributed by atoms with Crippen LogP contribution in [0.15, 0.2) is 80.2 Å². The summed E-state index contributed by atoms with van der Waals surface area (Å²) in [6.45, 7) is 4.57. The molecule has 4 aromatic rings. The topological polar surface area (TPSA) is 129 Å². The van der Waals surface area contributed by atoms with E-state index in [9.17, 15) is 31.2 Å². The molecule has 2 aromatic heterocycles. The molecule has 0 saturated carbocycles. The molecule has 44 heavy (non-hydrogen) atoms. The minimum absolute atomic E-state index is 0.00827. The van der Waals surface area contributed by atoms with Crippen molar-refractivity contribution in [1.82, 2.24) is 10.2 Å². The lowest BCUT2D eigenvalue weighted by Gasteiger charge is -2.36. The molecule has 15 heteroatoms. The van der Waals surface area contributed by atoms with Gasteiger partial charge in [0, 0.05) is 44.2 Å². The van der Waals surface area contributed by atoms with Gasteiger partial charge in [-0.3, -0.25) is 19.0 Å². The Morgan fingerprint density at radius 3 is 2.34 bits per heavy atom. The number of amides is 1. The second-order valence-electron chi connectivity index (χ2n) is 9.68. The predicted octanol–water partition coefficient (Wildman–Crippen LogP) is 4.76. The van der Waals surface area contributed by atoms with Crippen LogP contribution in [0, 0.1) is 0 Å². The van der Waals surface area contributed by atoms with Crippen molar-refractivity contribution in [3.05, 3.63) is 87.6 Å². The van der Waals surface area contributed by atoms with Gasteiger partial charge in [0.05, 0.1) is 23.3 Å². The normalized spacial score (nSPS) is 14.2. The maximum atomic E-state index is 13.0. The van der Waals surface area contributed by atoms with E-state index in [4.69, 9.17) is 13.7 Å². The zero-order valence-corrected chi connectivity index (χ0v) is 25.2. The number of halogens is 3. The number of hydrogen-bond acceptors (Lipinski definition) is 9. The van der Waals surface area contributed by atoms with Crippen LogP contribution in [-0.4, -0.2) is 70.2 Å². The molecule has 0 bridgehead atoms. The lowest BCUT2D eigenvalue weighted by molar-refractivity contribution is -0.152. The molecule has 0 spiro atoms. The lowest BCUT2D eigenvalue weighted by Crippen LogP contribution is -2.47. The summed E-state index contributed by atoms with van der Waals surface area (Å²) in [5.74, 6) is -1.13. The van der Waals surface area contributed by atoms with Crippen molar-refractivity contribution >= 4 is 43.3 Å². The number of anilines is 1. The zero-order chi connectivity index (χ0) is 31.9. The van der Waals surface area contributed by atoms with Gasteiger partial charge in [0.2, 0.25) is 11.2 Å². The highest BCUT2D eigenvalue weighted by molar-refractivity contribution is 7.85. The fourth-order valence-electron chi connectivity index (χ4n) is 4.53. The van der Waals surface area contributed by atoms with Gasteiger partial charge in [-0.1, -0.05) is 30.3 Å². The van der Waals surface area contributed by atoms with E-state index in [1.807, 2.05) is 24.3 Å². The van der Waals surface area contributed by atoms with Crippen LogP contribution in [0.25, 0.3) is 10.3 Å². The second kappa shape index (κ2) is 14.2. The molecule has 0 unspecified atom stereocenters. The average molecular weight is 654 g/mol. The van der Waals surface area contributed by atoms with Crippen LogP contribution in [0.4, 0.5) is 18.9 Å². The molecule has 1 saturated heterocycles. The predicted molar refractivity (Wildman–Crippen MR) is 160 cm³/mol. The van der Waals surface area contributed by atoms with Crippen LogP contribution in [-0.2, 0) is 16.3 Å². The molecule has 1 aliphatic heterocycles. The standard InChI is InChI=1S/C23H24F3N3O4S.C6H6O3S/c1-32-18-6-3-2-5-16(18)29-11-9-28(10-12-29)8-4-7-27-22(31)15-14-34-21-17(30)13-19(23(24,25)26)33-20(15)21;7-10(8,9)6-4-2-1-3-5-6/h2-3,5-6,13-14H,4,7-12H2,1H3,(H,27,31);1-5H,(H,7,8,9). The van der Waals surface area contributed by atoms with Crippen LogP contribution in [0.1, 0.15) is 22.5 Å². The van der Waals surface area contributed by atoms with Crippen molar-refractivity contribution in [2.75, 3.05) is 51.3 Å². The van der Waals surface area contributed by atoms with Gasteiger partial charge in [-0.05, 0) is 37.2 Å². The summed E-state index contributed by atoms with van der Waals surface area (Å²) in [6.07, 6.45) is -4.13. The number of alkyl halides is 3. The molecule has 3 heterocycles. The Labute approximate surface area is 255 Å². The Bertz CT molecular complexity index is 1730. The number of methoxy groups -OCH3 is 1. The number of para-hydroxylation sites is 2. The fraction of sp³-hybridized carbons (Fsp3) is 0.310. The van der Waals surface area contributed by atoms with Gasteiger partial charge in [0.15, 0.2) is 5.58 Å². The molecule has 0 atom stereocenters. The molecular weight excluding hydrogens is 623 g/mol. The number of thiophene rings is 1. The van der Waals surface area contributed by atoms with Crippen LogP contribution in [0.5, 0.6) is 5.75 Å². The number of nitrogens with zero attached hydrogens (tertiary/aromatic N) is 2. The molecule has 2 N–H and O–H groups in total. The first-order valence-electron chi connectivity index (χ1n) is 13.4. The minimum atomic E-state index is -4.81. The number of hydrogen-bond donors (Lipinski definition) is 2. The van der Waals surface area contributed by atoms with E-state index in [-0.39, 0.29) is 20.7 Å². The van der Waals surface area contributed by atoms with E-state index in [1.165, 1.54) is 17.5 Å². The Balaban J connectivity index is 0.000000375. The number of fused-ring (bicyclic) bond motifs is 1. The van der Waals surface area contributed by atoms with Crippen LogP contribution in [0.2, 0.25) is 0 Å². The van der Waals surface area contributed by atoms with E-state index >= 15 is 0 Å². The Kier molecular flexibility index (Phi) is 10.7. The molecule has 0 aliphatic carbocycles. The minimum Gasteiger partial charge on any atom is -0.495 e. The highest BCUT2D eigenvalue weighted by Gasteiger charge is 2.35. The summed E-state index contributed by atoms with van der Waals surface area (Å²) in [5, 5.41) is 4.06. The maximum absolute atomic E-state index is 13.0. The largest absolute Gasteiger partial charge is 0.495 e. The van der Waals surface area contributed by atoms with Gasteiger partial charge in [0.25, 0.3) is 16.0 Å². The monoisotopic (exact) mass is 653 g/mol. The summed E-state index contributed by atoms with van der Waals surface area (Å²) in [6, 6.07) is 15.7. The zero-order valence-electron chi connectivity index (χ0n) is 23.5. The van der Waals surface area contributed by atoms with Gasteiger partial charge in [-0.15, -0.1) is 11.3 Å². The third-order valence-electron chi connectivity index (χ3n) is 6.74. The number of nitrogens with one attached hydrogen (secondary N) is 1.